The van der Waals surface area contributed by atoms with Crippen molar-refractivity contribution < 1.29 is 13.5 Å². The van der Waals surface area contributed by atoms with E-state index in [9.17, 15) is 13.5 Å². The molecule has 122 valence electrons. The van der Waals surface area contributed by atoms with Crippen molar-refractivity contribution in [3.05, 3.63) is 35.4 Å². The highest BCUT2D eigenvalue weighted by Crippen LogP contribution is 2.17. The first-order chi connectivity index (χ1) is 10.3. The summed E-state index contributed by atoms with van der Waals surface area (Å²) in [6.45, 7) is 6.48. The van der Waals surface area contributed by atoms with E-state index >= 15 is 0 Å². The summed E-state index contributed by atoms with van der Waals surface area (Å²) in [5.41, 5.74) is 1.27. The summed E-state index contributed by atoms with van der Waals surface area (Å²) in [4.78, 5) is 1.95. The lowest BCUT2D eigenvalue weighted by Gasteiger charge is -2.29. The van der Waals surface area contributed by atoms with Crippen LogP contribution >= 0.6 is 0 Å². The molecule has 0 bridgehead atoms. The lowest BCUT2D eigenvalue weighted by atomic mass is 10.1. The van der Waals surface area contributed by atoms with E-state index in [1.807, 2.05) is 24.8 Å². The van der Waals surface area contributed by atoms with E-state index in [0.29, 0.717) is 18.7 Å². The van der Waals surface area contributed by atoms with Crippen LogP contribution in [0.3, 0.4) is 0 Å². The van der Waals surface area contributed by atoms with Crippen LogP contribution in [0, 0.1) is 11.3 Å². The third-order valence-corrected chi connectivity index (χ3v) is 5.67. The van der Waals surface area contributed by atoms with Gasteiger partial charge in [0, 0.05) is 18.3 Å². The quantitative estimate of drug-likeness (QED) is 0.787. The molecule has 0 radical (unpaired) electrons. The molecular weight excluding hydrogens is 300 g/mol. The van der Waals surface area contributed by atoms with Crippen molar-refractivity contribution in [2.24, 2.45) is 0 Å². The average molecular weight is 324 g/mol. The Morgan fingerprint density at radius 2 is 1.86 bits per heavy atom. The van der Waals surface area contributed by atoms with Gasteiger partial charge in [-0.15, -0.1) is 0 Å². The van der Waals surface area contributed by atoms with Gasteiger partial charge in [0.05, 0.1) is 23.5 Å². The van der Waals surface area contributed by atoms with Crippen LogP contribution in [0.25, 0.3) is 0 Å². The molecule has 0 amide bonds. The molecule has 0 aliphatic rings. The Balaban J connectivity index is 2.73. The first-order valence-electron chi connectivity index (χ1n) is 7.45. The Labute approximate surface area is 133 Å². The number of rotatable bonds is 8. The Morgan fingerprint density at radius 1 is 1.27 bits per heavy atom. The molecule has 1 rings (SSSR count). The zero-order chi connectivity index (χ0) is 16.8. The highest BCUT2D eigenvalue weighted by Gasteiger charge is 2.21. The standard InChI is InChI=1S/C16H24N2O3S/c1-4-18(13(3)12-22(20,21)5-2)11-16(19)15-8-6-14(10-17)7-9-15/h6-9,13,16,19H,4-5,11-12H2,1-3H3. The van der Waals surface area contributed by atoms with Gasteiger partial charge in [0.15, 0.2) is 9.84 Å². The molecule has 5 nitrogen and oxygen atoms in total. The molecule has 6 heteroatoms. The van der Waals surface area contributed by atoms with Gasteiger partial charge in [0.1, 0.15) is 0 Å². The molecule has 1 aromatic rings. The molecular formula is C16H24N2O3S. The summed E-state index contributed by atoms with van der Waals surface area (Å²) in [6, 6.07) is 8.67. The van der Waals surface area contributed by atoms with Crippen LogP contribution in [0.5, 0.6) is 0 Å². The van der Waals surface area contributed by atoms with Crippen molar-refractivity contribution in [3.63, 3.8) is 0 Å². The van der Waals surface area contributed by atoms with Crippen molar-refractivity contribution in [1.82, 2.24) is 4.90 Å². The number of hydrogen-bond acceptors (Lipinski definition) is 5. The molecule has 22 heavy (non-hydrogen) atoms. The lowest BCUT2D eigenvalue weighted by Crippen LogP contribution is -2.40. The Kier molecular flexibility index (Phi) is 7.01. The van der Waals surface area contributed by atoms with Crippen LogP contribution in [0.1, 0.15) is 38.0 Å². The zero-order valence-electron chi connectivity index (χ0n) is 13.4. The van der Waals surface area contributed by atoms with E-state index in [2.05, 4.69) is 0 Å². The van der Waals surface area contributed by atoms with Crippen LogP contribution in [0.2, 0.25) is 0 Å². The summed E-state index contributed by atoms with van der Waals surface area (Å²) >= 11 is 0. The maximum atomic E-state index is 11.7. The van der Waals surface area contributed by atoms with Gasteiger partial charge >= 0.3 is 0 Å². The van der Waals surface area contributed by atoms with E-state index in [-0.39, 0.29) is 17.5 Å². The molecule has 0 spiro atoms. The molecule has 1 N–H and O–H groups in total. The highest BCUT2D eigenvalue weighted by molar-refractivity contribution is 7.91. The molecule has 0 aliphatic heterocycles. The van der Waals surface area contributed by atoms with Crippen molar-refractivity contribution >= 4 is 9.84 Å². The molecule has 0 fully saturated rings. The smallest absolute Gasteiger partial charge is 0.151 e. The number of sulfone groups is 1. The van der Waals surface area contributed by atoms with Gasteiger partial charge in [-0.25, -0.2) is 8.42 Å². The highest BCUT2D eigenvalue weighted by atomic mass is 32.2. The summed E-state index contributed by atoms with van der Waals surface area (Å²) in [5, 5.41) is 19.1. The first kappa shape index (κ1) is 18.6. The maximum absolute atomic E-state index is 11.7. The van der Waals surface area contributed by atoms with E-state index in [4.69, 9.17) is 5.26 Å². The number of nitrogens with zero attached hydrogens (tertiary/aromatic N) is 2. The minimum absolute atomic E-state index is 0.0947. The lowest BCUT2D eigenvalue weighted by molar-refractivity contribution is 0.0998. The molecule has 2 unspecified atom stereocenters. The van der Waals surface area contributed by atoms with E-state index in [1.165, 1.54) is 0 Å². The summed E-state index contributed by atoms with van der Waals surface area (Å²) < 4.78 is 23.5. The number of benzene rings is 1. The minimum atomic E-state index is -3.04. The molecule has 0 heterocycles. The van der Waals surface area contributed by atoms with Gasteiger partial charge in [-0.1, -0.05) is 26.0 Å². The topological polar surface area (TPSA) is 81.4 Å². The normalized spacial score (nSPS) is 14.5. The average Bonchev–Trinajstić information content (AvgIpc) is 2.51. The second-order valence-corrected chi connectivity index (χ2v) is 7.78. The number of aliphatic hydroxyl groups is 1. The van der Waals surface area contributed by atoms with Gasteiger partial charge in [0.25, 0.3) is 0 Å². The van der Waals surface area contributed by atoms with E-state index in [1.54, 1.807) is 31.2 Å². The number of nitriles is 1. The van der Waals surface area contributed by atoms with Crippen molar-refractivity contribution in [3.8, 4) is 6.07 Å². The third kappa shape index (κ3) is 5.41. The third-order valence-electron chi connectivity index (χ3n) is 3.80. The van der Waals surface area contributed by atoms with Gasteiger partial charge in [0.2, 0.25) is 0 Å². The second-order valence-electron chi connectivity index (χ2n) is 5.39. The van der Waals surface area contributed by atoms with E-state index in [0.717, 1.165) is 5.56 Å². The van der Waals surface area contributed by atoms with Gasteiger partial charge in [-0.3, -0.25) is 4.90 Å². The molecule has 0 aromatic heterocycles. The van der Waals surface area contributed by atoms with Crippen molar-refractivity contribution in [1.29, 1.82) is 5.26 Å². The van der Waals surface area contributed by atoms with Crippen LogP contribution in [0.15, 0.2) is 24.3 Å². The Bertz CT molecular complexity index is 605. The monoisotopic (exact) mass is 324 g/mol. The second kappa shape index (κ2) is 8.28. The number of likely N-dealkylation sites (N-methyl/N-ethyl adjacent to an activating group) is 1. The zero-order valence-corrected chi connectivity index (χ0v) is 14.2. The van der Waals surface area contributed by atoms with Crippen LogP contribution in [0.4, 0.5) is 0 Å². The Morgan fingerprint density at radius 3 is 2.32 bits per heavy atom. The van der Waals surface area contributed by atoms with E-state index < -0.39 is 15.9 Å². The SMILES string of the molecule is CCN(CC(O)c1ccc(C#N)cc1)C(C)CS(=O)(=O)CC. The van der Waals surface area contributed by atoms with Gasteiger partial charge < -0.3 is 5.11 Å². The number of aliphatic hydroxyl groups excluding tert-OH is 1. The predicted octanol–water partition coefficient (Wildman–Crippen LogP) is 1.74. The largest absolute Gasteiger partial charge is 0.387 e. The fraction of sp³-hybridized carbons (Fsp3) is 0.562. The minimum Gasteiger partial charge on any atom is -0.387 e. The van der Waals surface area contributed by atoms with Crippen LogP contribution in [-0.2, 0) is 9.84 Å². The summed E-state index contributed by atoms with van der Waals surface area (Å²) in [6.07, 6.45) is -0.709. The molecule has 0 saturated carbocycles. The van der Waals surface area contributed by atoms with Crippen LogP contribution in [-0.4, -0.2) is 49.1 Å². The Hall–Kier alpha value is -1.42. The fourth-order valence-corrected chi connectivity index (χ4v) is 3.50. The summed E-state index contributed by atoms with van der Waals surface area (Å²) in [5.74, 6) is 0.227. The molecule has 0 aliphatic carbocycles. The first-order valence-corrected chi connectivity index (χ1v) is 9.27. The van der Waals surface area contributed by atoms with Crippen LogP contribution < -0.4 is 0 Å². The van der Waals surface area contributed by atoms with Gasteiger partial charge in [-0.2, -0.15) is 5.26 Å². The fourth-order valence-electron chi connectivity index (χ4n) is 2.32. The molecule has 1 aromatic carbocycles. The maximum Gasteiger partial charge on any atom is 0.151 e. The van der Waals surface area contributed by atoms with Crippen molar-refractivity contribution in [2.45, 2.75) is 32.9 Å². The summed E-state index contributed by atoms with van der Waals surface area (Å²) in [7, 11) is -3.04. The molecule has 2 atom stereocenters. The van der Waals surface area contributed by atoms with Crippen molar-refractivity contribution in [2.75, 3.05) is 24.6 Å². The molecule has 0 saturated heterocycles. The number of hydrogen-bond donors (Lipinski definition) is 1. The predicted molar refractivity (Wildman–Crippen MR) is 87.2 cm³/mol. The van der Waals surface area contributed by atoms with Gasteiger partial charge in [-0.05, 0) is 31.2 Å².